The molecule has 100 valence electrons. The number of hydrogen-bond donors (Lipinski definition) is 3. The summed E-state index contributed by atoms with van der Waals surface area (Å²) in [6.45, 7) is 3.19. The Labute approximate surface area is 106 Å². The van der Waals surface area contributed by atoms with Crippen molar-refractivity contribution in [1.82, 2.24) is 25.7 Å². The van der Waals surface area contributed by atoms with E-state index in [2.05, 4.69) is 21.0 Å². The number of urea groups is 1. The van der Waals surface area contributed by atoms with Crippen LogP contribution in [0.2, 0.25) is 0 Å². The number of carbonyl (C=O) groups excluding carboxylic acids is 2. The number of hydrogen-bond acceptors (Lipinski definition) is 4. The summed E-state index contributed by atoms with van der Waals surface area (Å²) in [5, 5.41) is 11.7. The molecule has 0 saturated heterocycles. The second kappa shape index (κ2) is 7.44. The van der Waals surface area contributed by atoms with Crippen molar-refractivity contribution in [2.75, 3.05) is 13.6 Å². The van der Waals surface area contributed by atoms with Crippen LogP contribution < -0.4 is 16.0 Å². The first-order chi connectivity index (χ1) is 8.63. The minimum Gasteiger partial charge on any atom is -0.341 e. The summed E-state index contributed by atoms with van der Waals surface area (Å²) in [6, 6.07) is 0.970. The molecule has 18 heavy (non-hydrogen) atoms. The first kappa shape index (κ1) is 14.2. The molecule has 0 bridgehead atoms. The maximum absolute atomic E-state index is 11.5. The van der Waals surface area contributed by atoms with E-state index in [0.717, 1.165) is 13.0 Å². The Morgan fingerprint density at radius 2 is 2.22 bits per heavy atom. The Balaban J connectivity index is 2.14. The van der Waals surface area contributed by atoms with E-state index < -0.39 is 12.1 Å². The molecule has 0 aliphatic carbocycles. The predicted molar refractivity (Wildman–Crippen MR) is 66.9 cm³/mol. The Morgan fingerprint density at radius 3 is 2.83 bits per heavy atom. The molecular formula is C11H19N5O2. The van der Waals surface area contributed by atoms with E-state index in [1.807, 2.05) is 16.9 Å². The zero-order valence-corrected chi connectivity index (χ0v) is 10.6. The molecule has 1 heterocycles. The highest BCUT2D eigenvalue weighted by atomic mass is 16.2. The Bertz CT molecular complexity index is 377. The highest BCUT2D eigenvalue weighted by Crippen LogP contribution is 1.89. The number of imide groups is 1. The van der Waals surface area contributed by atoms with Crippen LogP contribution in [0.5, 0.6) is 0 Å². The maximum Gasteiger partial charge on any atom is 0.321 e. The van der Waals surface area contributed by atoms with E-state index in [4.69, 9.17) is 0 Å². The lowest BCUT2D eigenvalue weighted by molar-refractivity contribution is -0.121. The van der Waals surface area contributed by atoms with Gasteiger partial charge >= 0.3 is 6.03 Å². The minimum atomic E-state index is -0.495. The molecule has 7 heteroatoms. The quantitative estimate of drug-likeness (QED) is 0.608. The minimum absolute atomic E-state index is 0.339. The van der Waals surface area contributed by atoms with Crippen molar-refractivity contribution in [1.29, 1.82) is 0 Å². The van der Waals surface area contributed by atoms with Gasteiger partial charge in [-0.25, -0.2) is 4.79 Å². The SMILES string of the molecule is CNC(=O)NC(=O)C(C)NCCCn1cccn1. The second-order valence-electron chi connectivity index (χ2n) is 3.87. The monoisotopic (exact) mass is 253 g/mol. The molecule has 0 fully saturated rings. The molecule has 0 spiro atoms. The van der Waals surface area contributed by atoms with Gasteiger partial charge in [0.2, 0.25) is 5.91 Å². The van der Waals surface area contributed by atoms with Gasteiger partial charge in [0.25, 0.3) is 0 Å². The van der Waals surface area contributed by atoms with Crippen molar-refractivity contribution in [2.45, 2.75) is 25.9 Å². The number of amides is 3. The third-order valence-corrected chi connectivity index (χ3v) is 2.43. The van der Waals surface area contributed by atoms with Crippen LogP contribution in [0.4, 0.5) is 4.79 Å². The van der Waals surface area contributed by atoms with Crippen molar-refractivity contribution in [2.24, 2.45) is 0 Å². The summed E-state index contributed by atoms with van der Waals surface area (Å²) in [6.07, 6.45) is 4.48. The summed E-state index contributed by atoms with van der Waals surface area (Å²) in [7, 11) is 1.46. The van der Waals surface area contributed by atoms with E-state index in [1.165, 1.54) is 7.05 Å². The maximum atomic E-state index is 11.5. The summed E-state index contributed by atoms with van der Waals surface area (Å²) < 4.78 is 1.83. The molecule has 7 nitrogen and oxygen atoms in total. The molecule has 0 saturated carbocycles. The number of rotatable bonds is 6. The van der Waals surface area contributed by atoms with Crippen LogP contribution in [-0.4, -0.2) is 41.4 Å². The van der Waals surface area contributed by atoms with Gasteiger partial charge in [0.15, 0.2) is 0 Å². The van der Waals surface area contributed by atoms with Crippen LogP contribution in [0, 0.1) is 0 Å². The van der Waals surface area contributed by atoms with Crippen LogP contribution in [0.25, 0.3) is 0 Å². The Morgan fingerprint density at radius 1 is 1.44 bits per heavy atom. The Hall–Kier alpha value is -1.89. The third kappa shape index (κ3) is 4.96. The third-order valence-electron chi connectivity index (χ3n) is 2.43. The fourth-order valence-electron chi connectivity index (χ4n) is 1.37. The standard InChI is InChI=1S/C11H19N5O2/c1-9(10(17)15-11(18)12-2)13-5-3-7-16-8-4-6-14-16/h4,6,8-9,13H,3,5,7H2,1-2H3,(H2,12,15,17,18). The second-order valence-corrected chi connectivity index (χ2v) is 3.87. The highest BCUT2D eigenvalue weighted by Gasteiger charge is 2.13. The molecule has 1 rings (SSSR count). The smallest absolute Gasteiger partial charge is 0.321 e. The van der Waals surface area contributed by atoms with Crippen molar-refractivity contribution < 1.29 is 9.59 Å². The number of aryl methyl sites for hydroxylation is 1. The van der Waals surface area contributed by atoms with Crippen molar-refractivity contribution in [3.63, 3.8) is 0 Å². The largest absolute Gasteiger partial charge is 0.341 e. The summed E-state index contributed by atoms with van der Waals surface area (Å²) in [5.41, 5.74) is 0. The molecule has 3 N–H and O–H groups in total. The van der Waals surface area contributed by atoms with E-state index in [1.54, 1.807) is 13.1 Å². The lowest BCUT2D eigenvalue weighted by atomic mass is 10.3. The summed E-state index contributed by atoms with van der Waals surface area (Å²) >= 11 is 0. The van der Waals surface area contributed by atoms with Gasteiger partial charge in [0.05, 0.1) is 6.04 Å². The molecule has 1 unspecified atom stereocenters. The molecule has 0 radical (unpaired) electrons. The van der Waals surface area contributed by atoms with E-state index >= 15 is 0 Å². The van der Waals surface area contributed by atoms with E-state index in [-0.39, 0.29) is 5.91 Å². The Kier molecular flexibility index (Phi) is 5.86. The molecule has 0 aromatic carbocycles. The fraction of sp³-hybridized carbons (Fsp3) is 0.545. The van der Waals surface area contributed by atoms with Gasteiger partial charge in [-0.1, -0.05) is 0 Å². The number of nitrogens with zero attached hydrogens (tertiary/aromatic N) is 2. The first-order valence-corrected chi connectivity index (χ1v) is 5.87. The number of nitrogens with one attached hydrogen (secondary N) is 3. The van der Waals surface area contributed by atoms with Crippen molar-refractivity contribution in [3.8, 4) is 0 Å². The average Bonchev–Trinajstić information content (AvgIpc) is 2.87. The molecule has 1 atom stereocenters. The first-order valence-electron chi connectivity index (χ1n) is 5.87. The zero-order valence-electron chi connectivity index (χ0n) is 10.6. The van der Waals surface area contributed by atoms with Gasteiger partial charge in [-0.2, -0.15) is 5.10 Å². The lowest BCUT2D eigenvalue weighted by Crippen LogP contribution is -2.47. The van der Waals surface area contributed by atoms with Crippen LogP contribution in [0.3, 0.4) is 0 Å². The number of carbonyl (C=O) groups is 2. The molecule has 3 amide bonds. The average molecular weight is 253 g/mol. The van der Waals surface area contributed by atoms with Gasteiger partial charge in [-0.3, -0.25) is 14.8 Å². The van der Waals surface area contributed by atoms with Crippen molar-refractivity contribution in [3.05, 3.63) is 18.5 Å². The lowest BCUT2D eigenvalue weighted by Gasteiger charge is -2.13. The zero-order chi connectivity index (χ0) is 13.4. The molecular weight excluding hydrogens is 234 g/mol. The van der Waals surface area contributed by atoms with Crippen LogP contribution in [0.15, 0.2) is 18.5 Å². The van der Waals surface area contributed by atoms with Gasteiger partial charge in [-0.05, 0) is 26.0 Å². The summed E-state index contributed by atoms with van der Waals surface area (Å²) in [5.74, 6) is -0.339. The molecule has 1 aromatic rings. The molecule has 0 aliphatic heterocycles. The van der Waals surface area contributed by atoms with E-state index in [9.17, 15) is 9.59 Å². The van der Waals surface area contributed by atoms with Gasteiger partial charge in [-0.15, -0.1) is 0 Å². The van der Waals surface area contributed by atoms with Gasteiger partial charge in [0.1, 0.15) is 0 Å². The number of aromatic nitrogens is 2. The van der Waals surface area contributed by atoms with Crippen LogP contribution >= 0.6 is 0 Å². The van der Waals surface area contributed by atoms with Crippen molar-refractivity contribution >= 4 is 11.9 Å². The van der Waals surface area contributed by atoms with Crippen LogP contribution in [0.1, 0.15) is 13.3 Å². The van der Waals surface area contributed by atoms with Gasteiger partial charge < -0.3 is 10.6 Å². The van der Waals surface area contributed by atoms with E-state index in [0.29, 0.717) is 6.54 Å². The van der Waals surface area contributed by atoms with Crippen LogP contribution in [-0.2, 0) is 11.3 Å². The fourth-order valence-corrected chi connectivity index (χ4v) is 1.37. The molecule has 1 aromatic heterocycles. The topological polar surface area (TPSA) is 88.0 Å². The highest BCUT2D eigenvalue weighted by molar-refractivity contribution is 5.96. The summed E-state index contributed by atoms with van der Waals surface area (Å²) in [4.78, 5) is 22.4. The molecule has 0 aliphatic rings. The van der Waals surface area contributed by atoms with Gasteiger partial charge in [0, 0.05) is 26.0 Å². The normalized spacial score (nSPS) is 11.9. The predicted octanol–water partition coefficient (Wildman–Crippen LogP) is -0.293.